The zero-order valence-corrected chi connectivity index (χ0v) is 9.83. The zero-order valence-electron chi connectivity index (χ0n) is 9.01. The van der Waals surface area contributed by atoms with Crippen LogP contribution >= 0.6 is 11.5 Å². The molecule has 1 aromatic carbocycles. The van der Waals surface area contributed by atoms with Crippen LogP contribution in [0, 0.1) is 0 Å². The van der Waals surface area contributed by atoms with Gasteiger partial charge in [-0.3, -0.25) is 0 Å². The summed E-state index contributed by atoms with van der Waals surface area (Å²) in [5.74, 6) is 0. The second-order valence-electron chi connectivity index (χ2n) is 3.35. The molecule has 0 amide bonds. The number of benzene rings is 1. The van der Waals surface area contributed by atoms with E-state index in [2.05, 4.69) is 38.9 Å². The smallest absolute Gasteiger partial charge is 0.202 e. The Kier molecular flexibility index (Phi) is 3.85. The van der Waals surface area contributed by atoms with Gasteiger partial charge in [0.15, 0.2) is 0 Å². The molecule has 0 fully saturated rings. The number of rotatable bonds is 5. The molecule has 1 heterocycles. The van der Waals surface area contributed by atoms with Crippen LogP contribution in [-0.4, -0.2) is 16.5 Å². The van der Waals surface area contributed by atoms with Crippen LogP contribution in [0.3, 0.4) is 0 Å². The molecule has 2 rings (SSSR count). The van der Waals surface area contributed by atoms with Gasteiger partial charge in [0.1, 0.15) is 6.33 Å². The number of hydrogen-bond acceptors (Lipinski definition) is 5. The number of nitrogens with zero attached hydrogens (tertiary/aromatic N) is 2. The zero-order chi connectivity index (χ0) is 11.2. The summed E-state index contributed by atoms with van der Waals surface area (Å²) in [6, 6.07) is 8.31. The summed E-state index contributed by atoms with van der Waals surface area (Å²) in [4.78, 5) is 4.05. The molecule has 0 unspecified atom stereocenters. The van der Waals surface area contributed by atoms with Crippen LogP contribution in [0.5, 0.6) is 0 Å². The minimum absolute atomic E-state index is 0.657. The third-order valence-electron chi connectivity index (χ3n) is 2.14. The van der Waals surface area contributed by atoms with E-state index >= 15 is 0 Å². The lowest BCUT2D eigenvalue weighted by molar-refractivity contribution is 0.185. The van der Waals surface area contributed by atoms with E-state index in [0.29, 0.717) is 6.61 Å². The highest BCUT2D eigenvalue weighted by Crippen LogP contribution is 2.10. The molecule has 0 atom stereocenters. The first-order chi connectivity index (χ1) is 7.88. The molecule has 0 aliphatic rings. The van der Waals surface area contributed by atoms with E-state index < -0.39 is 0 Å². The van der Waals surface area contributed by atoms with Crippen LogP contribution in [0.1, 0.15) is 11.1 Å². The Morgan fingerprint density at radius 1 is 1.25 bits per heavy atom. The van der Waals surface area contributed by atoms with Crippen LogP contribution in [-0.2, 0) is 17.9 Å². The van der Waals surface area contributed by atoms with Gasteiger partial charge in [-0.05, 0) is 11.1 Å². The van der Waals surface area contributed by atoms with E-state index in [1.807, 2.05) is 0 Å². The number of hydrogen-bond donors (Lipinski definition) is 1. The third-order valence-corrected chi connectivity index (χ3v) is 2.76. The molecule has 0 aliphatic heterocycles. The van der Waals surface area contributed by atoms with Crippen molar-refractivity contribution in [2.24, 2.45) is 0 Å². The Balaban J connectivity index is 1.90. The molecular weight excluding hydrogens is 222 g/mol. The fourth-order valence-electron chi connectivity index (χ4n) is 1.35. The van der Waals surface area contributed by atoms with Gasteiger partial charge in [0.05, 0.1) is 6.61 Å². The van der Waals surface area contributed by atoms with Crippen LogP contribution < -0.4 is 5.32 Å². The monoisotopic (exact) mass is 235 g/mol. The molecule has 0 saturated heterocycles. The van der Waals surface area contributed by atoms with Gasteiger partial charge in [0.25, 0.3) is 0 Å². The van der Waals surface area contributed by atoms with Gasteiger partial charge in [0.2, 0.25) is 5.13 Å². The van der Waals surface area contributed by atoms with Crippen LogP contribution in [0.2, 0.25) is 0 Å². The second-order valence-corrected chi connectivity index (χ2v) is 4.13. The van der Waals surface area contributed by atoms with Crippen molar-refractivity contribution in [1.29, 1.82) is 0 Å². The Morgan fingerprint density at radius 2 is 2.00 bits per heavy atom. The quantitative estimate of drug-likeness (QED) is 0.863. The third kappa shape index (κ3) is 3.01. The van der Waals surface area contributed by atoms with Gasteiger partial charge in [-0.15, -0.1) is 0 Å². The average molecular weight is 235 g/mol. The lowest BCUT2D eigenvalue weighted by atomic mass is 10.1. The van der Waals surface area contributed by atoms with Crippen molar-refractivity contribution in [2.75, 3.05) is 12.4 Å². The predicted molar refractivity (Wildman–Crippen MR) is 64.4 cm³/mol. The van der Waals surface area contributed by atoms with Crippen molar-refractivity contribution in [3.05, 3.63) is 41.7 Å². The summed E-state index contributed by atoms with van der Waals surface area (Å²) in [6.07, 6.45) is 1.55. The SMILES string of the molecule is COCc1ccc(CNc2ncns2)cc1. The number of ether oxygens (including phenoxy) is 1. The molecule has 1 aromatic heterocycles. The summed E-state index contributed by atoms with van der Waals surface area (Å²) >= 11 is 1.36. The fourth-order valence-corrected chi connectivity index (χ4v) is 1.77. The molecule has 4 nitrogen and oxygen atoms in total. The van der Waals surface area contributed by atoms with E-state index in [0.717, 1.165) is 11.7 Å². The van der Waals surface area contributed by atoms with E-state index in [1.165, 1.54) is 22.7 Å². The number of methoxy groups -OCH3 is 1. The molecule has 0 aliphatic carbocycles. The summed E-state index contributed by atoms with van der Waals surface area (Å²) in [5, 5.41) is 4.05. The Bertz CT molecular complexity index is 413. The highest BCUT2D eigenvalue weighted by molar-refractivity contribution is 7.09. The number of nitrogens with one attached hydrogen (secondary N) is 1. The maximum absolute atomic E-state index is 5.05. The van der Waals surface area contributed by atoms with E-state index in [9.17, 15) is 0 Å². The second kappa shape index (κ2) is 5.58. The van der Waals surface area contributed by atoms with Gasteiger partial charge in [0, 0.05) is 25.2 Å². The van der Waals surface area contributed by atoms with Gasteiger partial charge < -0.3 is 10.1 Å². The maximum atomic E-state index is 5.05. The predicted octanol–water partition coefficient (Wildman–Crippen LogP) is 2.30. The van der Waals surface area contributed by atoms with Gasteiger partial charge in [-0.25, -0.2) is 4.98 Å². The standard InChI is InChI=1S/C11H13N3OS/c1-15-7-10-4-2-9(3-5-10)6-12-11-13-8-14-16-11/h2-5,8H,6-7H2,1H3,(H,12,13,14). The van der Waals surface area contributed by atoms with Crippen molar-refractivity contribution in [1.82, 2.24) is 9.36 Å². The largest absolute Gasteiger partial charge is 0.380 e. The molecule has 2 aromatic rings. The summed E-state index contributed by atoms with van der Waals surface area (Å²) in [7, 11) is 1.70. The highest BCUT2D eigenvalue weighted by Gasteiger charge is 1.97. The van der Waals surface area contributed by atoms with Crippen molar-refractivity contribution in [3.63, 3.8) is 0 Å². The first-order valence-electron chi connectivity index (χ1n) is 4.96. The molecule has 0 spiro atoms. The minimum Gasteiger partial charge on any atom is -0.380 e. The van der Waals surface area contributed by atoms with Crippen LogP contribution in [0.15, 0.2) is 30.6 Å². The topological polar surface area (TPSA) is 47.0 Å². The number of anilines is 1. The van der Waals surface area contributed by atoms with Gasteiger partial charge in [-0.2, -0.15) is 4.37 Å². The summed E-state index contributed by atoms with van der Waals surface area (Å²) in [5.41, 5.74) is 2.40. The van der Waals surface area contributed by atoms with Crippen molar-refractivity contribution in [3.8, 4) is 0 Å². The van der Waals surface area contributed by atoms with Crippen LogP contribution in [0.25, 0.3) is 0 Å². The van der Waals surface area contributed by atoms with Crippen molar-refractivity contribution >= 4 is 16.7 Å². The van der Waals surface area contributed by atoms with Crippen molar-refractivity contribution < 1.29 is 4.74 Å². The lowest BCUT2D eigenvalue weighted by Gasteiger charge is -2.04. The van der Waals surface area contributed by atoms with Gasteiger partial charge >= 0.3 is 0 Å². The molecule has 0 radical (unpaired) electrons. The highest BCUT2D eigenvalue weighted by atomic mass is 32.1. The Morgan fingerprint density at radius 3 is 2.62 bits per heavy atom. The first-order valence-corrected chi connectivity index (χ1v) is 5.73. The number of aromatic nitrogens is 2. The van der Waals surface area contributed by atoms with E-state index in [1.54, 1.807) is 13.4 Å². The molecule has 5 heteroatoms. The molecule has 16 heavy (non-hydrogen) atoms. The Hall–Kier alpha value is -1.46. The average Bonchev–Trinajstić information content (AvgIpc) is 2.82. The lowest BCUT2D eigenvalue weighted by Crippen LogP contribution is -1.99. The summed E-state index contributed by atoms with van der Waals surface area (Å²) in [6.45, 7) is 1.42. The Labute approximate surface area is 98.5 Å². The maximum Gasteiger partial charge on any atom is 0.202 e. The first kappa shape index (κ1) is 11.0. The normalized spacial score (nSPS) is 10.3. The van der Waals surface area contributed by atoms with Crippen LogP contribution in [0.4, 0.5) is 5.13 Å². The van der Waals surface area contributed by atoms with E-state index in [4.69, 9.17) is 4.74 Å². The summed E-state index contributed by atoms with van der Waals surface area (Å²) < 4.78 is 8.98. The molecular formula is C11H13N3OS. The molecule has 84 valence electrons. The minimum atomic E-state index is 0.657. The fraction of sp³-hybridized carbons (Fsp3) is 0.273. The molecule has 1 N–H and O–H groups in total. The van der Waals surface area contributed by atoms with E-state index in [-0.39, 0.29) is 0 Å². The van der Waals surface area contributed by atoms with Crippen molar-refractivity contribution in [2.45, 2.75) is 13.2 Å². The molecule has 0 saturated carbocycles. The molecule has 0 bridgehead atoms. The van der Waals surface area contributed by atoms with Gasteiger partial charge in [-0.1, -0.05) is 24.3 Å².